The van der Waals surface area contributed by atoms with Crippen molar-refractivity contribution in [3.8, 4) is 11.5 Å². The summed E-state index contributed by atoms with van der Waals surface area (Å²) in [6.07, 6.45) is 2.11. The maximum Gasteiger partial charge on any atom is 0.260 e. The lowest BCUT2D eigenvalue weighted by molar-refractivity contribution is -0.134. The van der Waals surface area contributed by atoms with Crippen molar-refractivity contribution in [2.45, 2.75) is 12.8 Å². The van der Waals surface area contributed by atoms with E-state index in [0.29, 0.717) is 17.4 Å². The molecule has 1 saturated heterocycles. The first-order valence-electron chi connectivity index (χ1n) is 7.42. The zero-order chi connectivity index (χ0) is 15.1. The molecule has 1 aromatic carbocycles. The Morgan fingerprint density at radius 1 is 1.29 bits per heavy atom. The molecule has 0 aromatic heterocycles. The summed E-state index contributed by atoms with van der Waals surface area (Å²) in [7, 11) is 3.56. The maximum atomic E-state index is 12.2. The summed E-state index contributed by atoms with van der Waals surface area (Å²) in [5.41, 5.74) is 0. The Kier molecular flexibility index (Phi) is 5.87. The zero-order valence-electron chi connectivity index (χ0n) is 12.8. The minimum atomic E-state index is 0.0452. The molecule has 0 spiro atoms. The number of nitrogens with zero attached hydrogens (tertiary/aromatic N) is 1. The lowest BCUT2D eigenvalue weighted by Crippen LogP contribution is -2.42. The summed E-state index contributed by atoms with van der Waals surface area (Å²) in [6.45, 7) is 2.73. The first-order valence-corrected chi connectivity index (χ1v) is 7.42. The van der Waals surface area contributed by atoms with E-state index in [9.17, 15) is 4.79 Å². The van der Waals surface area contributed by atoms with E-state index in [1.165, 1.54) is 0 Å². The van der Waals surface area contributed by atoms with Crippen molar-refractivity contribution in [2.75, 3.05) is 40.4 Å². The SMILES string of the molecule is CNCC1CCN(C(=O)COc2ccccc2OC)CC1. The van der Waals surface area contributed by atoms with Gasteiger partial charge < -0.3 is 19.7 Å². The summed E-state index contributed by atoms with van der Waals surface area (Å²) >= 11 is 0. The standard InChI is InChI=1S/C16H24N2O3/c1-17-11-13-7-9-18(10-8-13)16(19)12-21-15-6-4-3-5-14(15)20-2/h3-6,13,17H,7-12H2,1-2H3. The molecule has 0 radical (unpaired) electrons. The van der Waals surface area contributed by atoms with Gasteiger partial charge in [0.1, 0.15) is 0 Å². The van der Waals surface area contributed by atoms with Gasteiger partial charge in [-0.25, -0.2) is 0 Å². The first-order chi connectivity index (χ1) is 10.2. The molecule has 5 heteroatoms. The number of hydrogen-bond acceptors (Lipinski definition) is 4. The largest absolute Gasteiger partial charge is 0.493 e. The van der Waals surface area contributed by atoms with Crippen molar-refractivity contribution < 1.29 is 14.3 Å². The number of rotatable bonds is 6. The Bertz CT molecular complexity index is 457. The number of benzene rings is 1. The molecule has 1 N–H and O–H groups in total. The van der Waals surface area contributed by atoms with E-state index >= 15 is 0 Å². The molecule has 0 aliphatic carbocycles. The molecule has 0 atom stereocenters. The van der Waals surface area contributed by atoms with Crippen LogP contribution in [0.1, 0.15) is 12.8 Å². The quantitative estimate of drug-likeness (QED) is 0.864. The summed E-state index contributed by atoms with van der Waals surface area (Å²) in [6, 6.07) is 7.37. The Balaban J connectivity index is 1.80. The van der Waals surface area contributed by atoms with Crippen molar-refractivity contribution in [3.05, 3.63) is 24.3 Å². The highest BCUT2D eigenvalue weighted by Crippen LogP contribution is 2.25. The summed E-state index contributed by atoms with van der Waals surface area (Å²) in [5.74, 6) is 1.98. The summed E-state index contributed by atoms with van der Waals surface area (Å²) in [4.78, 5) is 14.1. The van der Waals surface area contributed by atoms with Gasteiger partial charge in [0.25, 0.3) is 5.91 Å². The van der Waals surface area contributed by atoms with E-state index in [2.05, 4.69) is 5.32 Å². The van der Waals surface area contributed by atoms with Gasteiger partial charge in [0.15, 0.2) is 18.1 Å². The van der Waals surface area contributed by atoms with Crippen molar-refractivity contribution in [3.63, 3.8) is 0 Å². The van der Waals surface area contributed by atoms with Crippen LogP contribution in [0.3, 0.4) is 0 Å². The number of carbonyl (C=O) groups excluding carboxylic acids is 1. The van der Waals surface area contributed by atoms with Crippen molar-refractivity contribution in [1.82, 2.24) is 10.2 Å². The number of nitrogens with one attached hydrogen (secondary N) is 1. The number of methoxy groups -OCH3 is 1. The number of amides is 1. The molecular formula is C16H24N2O3. The Hall–Kier alpha value is -1.75. The number of likely N-dealkylation sites (tertiary alicyclic amines) is 1. The lowest BCUT2D eigenvalue weighted by atomic mass is 9.97. The minimum absolute atomic E-state index is 0.0452. The average Bonchev–Trinajstić information content (AvgIpc) is 2.54. The molecule has 116 valence electrons. The molecular weight excluding hydrogens is 268 g/mol. The second kappa shape index (κ2) is 7.88. The number of para-hydroxylation sites is 2. The van der Waals surface area contributed by atoms with Crippen LogP contribution in [0.4, 0.5) is 0 Å². The van der Waals surface area contributed by atoms with Crippen LogP contribution in [-0.2, 0) is 4.79 Å². The van der Waals surface area contributed by atoms with Crippen molar-refractivity contribution >= 4 is 5.91 Å². The lowest BCUT2D eigenvalue weighted by Gasteiger charge is -2.31. The fourth-order valence-electron chi connectivity index (χ4n) is 2.64. The van der Waals surface area contributed by atoms with Crippen LogP contribution in [0.25, 0.3) is 0 Å². The predicted octanol–water partition coefficient (Wildman–Crippen LogP) is 1.53. The second-order valence-corrected chi connectivity index (χ2v) is 5.32. The van der Waals surface area contributed by atoms with Crippen LogP contribution in [-0.4, -0.2) is 51.2 Å². The number of hydrogen-bond donors (Lipinski definition) is 1. The third-order valence-electron chi connectivity index (χ3n) is 3.88. The van der Waals surface area contributed by atoms with Crippen LogP contribution in [0.15, 0.2) is 24.3 Å². The molecule has 1 amide bonds. The molecule has 1 aromatic rings. The monoisotopic (exact) mass is 292 g/mol. The molecule has 1 aliphatic rings. The number of ether oxygens (including phenoxy) is 2. The Labute approximate surface area is 126 Å². The van der Waals surface area contributed by atoms with Gasteiger partial charge in [-0.2, -0.15) is 0 Å². The van der Waals surface area contributed by atoms with E-state index < -0.39 is 0 Å². The van der Waals surface area contributed by atoms with Gasteiger partial charge in [-0.05, 0) is 44.5 Å². The van der Waals surface area contributed by atoms with E-state index in [1.807, 2.05) is 36.2 Å². The Morgan fingerprint density at radius 3 is 2.57 bits per heavy atom. The molecule has 1 heterocycles. The highest BCUT2D eigenvalue weighted by molar-refractivity contribution is 5.78. The highest BCUT2D eigenvalue weighted by atomic mass is 16.5. The normalized spacial score (nSPS) is 15.8. The molecule has 21 heavy (non-hydrogen) atoms. The molecule has 2 rings (SSSR count). The molecule has 0 saturated carbocycles. The molecule has 0 unspecified atom stereocenters. The highest BCUT2D eigenvalue weighted by Gasteiger charge is 2.22. The van der Waals surface area contributed by atoms with Crippen LogP contribution in [0, 0.1) is 5.92 Å². The van der Waals surface area contributed by atoms with Gasteiger partial charge in [0, 0.05) is 13.1 Å². The van der Waals surface area contributed by atoms with E-state index in [1.54, 1.807) is 7.11 Å². The predicted molar refractivity (Wildman–Crippen MR) is 81.7 cm³/mol. The van der Waals surface area contributed by atoms with E-state index in [-0.39, 0.29) is 12.5 Å². The fraction of sp³-hybridized carbons (Fsp3) is 0.562. The molecule has 1 fully saturated rings. The van der Waals surface area contributed by atoms with Crippen LogP contribution in [0.5, 0.6) is 11.5 Å². The van der Waals surface area contributed by atoms with Gasteiger partial charge in [0.2, 0.25) is 0 Å². The minimum Gasteiger partial charge on any atom is -0.493 e. The molecule has 1 aliphatic heterocycles. The molecule has 0 bridgehead atoms. The first kappa shape index (κ1) is 15.6. The number of carbonyl (C=O) groups is 1. The summed E-state index contributed by atoms with van der Waals surface area (Å²) < 4.78 is 10.8. The number of piperidine rings is 1. The Morgan fingerprint density at radius 2 is 1.95 bits per heavy atom. The van der Waals surface area contributed by atoms with Crippen molar-refractivity contribution in [1.29, 1.82) is 0 Å². The van der Waals surface area contributed by atoms with Gasteiger partial charge in [-0.15, -0.1) is 0 Å². The third kappa shape index (κ3) is 4.36. The van der Waals surface area contributed by atoms with Gasteiger partial charge in [-0.3, -0.25) is 4.79 Å². The van der Waals surface area contributed by atoms with Crippen molar-refractivity contribution in [2.24, 2.45) is 5.92 Å². The van der Waals surface area contributed by atoms with Gasteiger partial charge in [0.05, 0.1) is 7.11 Å². The average molecular weight is 292 g/mol. The summed E-state index contributed by atoms with van der Waals surface area (Å²) in [5, 5.41) is 3.20. The van der Waals surface area contributed by atoms with Crippen LogP contribution >= 0.6 is 0 Å². The van der Waals surface area contributed by atoms with E-state index in [4.69, 9.17) is 9.47 Å². The second-order valence-electron chi connectivity index (χ2n) is 5.32. The molecule has 5 nitrogen and oxygen atoms in total. The van der Waals surface area contributed by atoms with Crippen LogP contribution in [0.2, 0.25) is 0 Å². The van der Waals surface area contributed by atoms with Crippen LogP contribution < -0.4 is 14.8 Å². The third-order valence-corrected chi connectivity index (χ3v) is 3.88. The maximum absolute atomic E-state index is 12.2. The zero-order valence-corrected chi connectivity index (χ0v) is 12.8. The topological polar surface area (TPSA) is 50.8 Å². The van der Waals surface area contributed by atoms with E-state index in [0.717, 1.165) is 32.5 Å². The fourth-order valence-corrected chi connectivity index (χ4v) is 2.64. The smallest absolute Gasteiger partial charge is 0.260 e. The van der Waals surface area contributed by atoms with Gasteiger partial charge >= 0.3 is 0 Å². The van der Waals surface area contributed by atoms with Gasteiger partial charge in [-0.1, -0.05) is 12.1 Å².